The van der Waals surface area contributed by atoms with Gasteiger partial charge in [-0.15, -0.1) is 18.3 Å². The zero-order chi connectivity index (χ0) is 12.4. The van der Waals surface area contributed by atoms with Gasteiger partial charge in [-0.2, -0.15) is 0 Å². The summed E-state index contributed by atoms with van der Waals surface area (Å²) in [5, 5.41) is 9.33. The molecule has 0 radical (unpaired) electrons. The summed E-state index contributed by atoms with van der Waals surface area (Å²) >= 11 is 1.51. The summed E-state index contributed by atoms with van der Waals surface area (Å²) in [5.74, 6) is 0.0367. The Balaban J connectivity index is 2.24. The summed E-state index contributed by atoms with van der Waals surface area (Å²) in [4.78, 5) is 14.8. The number of aliphatic hydroxyl groups excluding tert-OH is 1. The van der Waals surface area contributed by atoms with Crippen LogP contribution in [0.15, 0.2) is 41.8 Å². The van der Waals surface area contributed by atoms with Gasteiger partial charge in [0.2, 0.25) is 5.91 Å². The number of fused-ring (bicyclic) bond motifs is 1. The van der Waals surface area contributed by atoms with E-state index < -0.39 is 6.10 Å². The molecule has 2 rings (SSSR count). The monoisotopic (exact) mass is 249 g/mol. The number of hydrogen-bond acceptors (Lipinski definition) is 3. The lowest BCUT2D eigenvalue weighted by Gasteiger charge is -2.31. The second-order valence-corrected chi connectivity index (χ2v) is 5.25. The molecule has 4 heteroatoms. The molecule has 1 aromatic carbocycles. The molecule has 2 atom stereocenters. The fraction of sp³-hybridized carbons (Fsp3) is 0.308. The molecule has 0 aromatic heterocycles. The Labute approximate surface area is 105 Å². The summed E-state index contributed by atoms with van der Waals surface area (Å²) < 4.78 is 0. The van der Waals surface area contributed by atoms with Crippen LogP contribution in [0.5, 0.6) is 0 Å². The van der Waals surface area contributed by atoms with Crippen LogP contribution in [-0.2, 0) is 4.79 Å². The third-order valence-corrected chi connectivity index (χ3v) is 4.11. The van der Waals surface area contributed by atoms with Crippen molar-refractivity contribution in [1.82, 2.24) is 0 Å². The Bertz CT molecular complexity index is 447. The molecule has 0 spiro atoms. The predicted molar refractivity (Wildman–Crippen MR) is 70.3 cm³/mol. The van der Waals surface area contributed by atoms with E-state index in [9.17, 15) is 9.90 Å². The van der Waals surface area contributed by atoms with Gasteiger partial charge in [0.25, 0.3) is 0 Å². The van der Waals surface area contributed by atoms with E-state index in [1.165, 1.54) is 17.8 Å². The molecule has 1 aromatic rings. The average molecular weight is 249 g/mol. The minimum Gasteiger partial charge on any atom is -0.389 e. The van der Waals surface area contributed by atoms with E-state index in [0.29, 0.717) is 6.42 Å². The maximum absolute atomic E-state index is 12.1. The highest BCUT2D eigenvalue weighted by Gasteiger charge is 2.31. The first kappa shape index (κ1) is 12.2. The molecule has 2 unspecified atom stereocenters. The van der Waals surface area contributed by atoms with Gasteiger partial charge in [0.15, 0.2) is 0 Å². The van der Waals surface area contributed by atoms with Crippen molar-refractivity contribution in [1.29, 1.82) is 0 Å². The SMILES string of the molecule is C=CC(O)CC1Sc2ccccc2N(C)C1=O. The fourth-order valence-corrected chi connectivity index (χ4v) is 3.18. The summed E-state index contributed by atoms with van der Waals surface area (Å²) in [5.41, 5.74) is 0.937. The molecular weight excluding hydrogens is 234 g/mol. The number of carbonyl (C=O) groups excluding carboxylic acids is 1. The van der Waals surface area contributed by atoms with Gasteiger partial charge in [0, 0.05) is 11.9 Å². The average Bonchev–Trinajstić information content (AvgIpc) is 2.35. The van der Waals surface area contributed by atoms with Crippen molar-refractivity contribution < 1.29 is 9.90 Å². The van der Waals surface area contributed by atoms with Crippen molar-refractivity contribution in [3.8, 4) is 0 Å². The predicted octanol–water partition coefficient (Wildman–Crippen LogP) is 2.06. The van der Waals surface area contributed by atoms with Crippen LogP contribution in [0.25, 0.3) is 0 Å². The molecule has 1 aliphatic heterocycles. The lowest BCUT2D eigenvalue weighted by atomic mass is 10.1. The van der Waals surface area contributed by atoms with Crippen LogP contribution in [0.1, 0.15) is 6.42 Å². The first-order valence-corrected chi connectivity index (χ1v) is 6.35. The van der Waals surface area contributed by atoms with Crippen LogP contribution in [0.3, 0.4) is 0 Å². The number of para-hydroxylation sites is 1. The van der Waals surface area contributed by atoms with Crippen molar-refractivity contribution in [2.24, 2.45) is 0 Å². The maximum atomic E-state index is 12.1. The van der Waals surface area contributed by atoms with E-state index >= 15 is 0 Å². The van der Waals surface area contributed by atoms with Crippen molar-refractivity contribution in [2.75, 3.05) is 11.9 Å². The minimum atomic E-state index is -0.630. The molecule has 0 fully saturated rings. The smallest absolute Gasteiger partial charge is 0.240 e. The number of rotatable bonds is 3. The Morgan fingerprint density at radius 3 is 3.00 bits per heavy atom. The molecule has 0 saturated carbocycles. The lowest BCUT2D eigenvalue weighted by Crippen LogP contribution is -2.39. The fourth-order valence-electron chi connectivity index (χ4n) is 1.84. The van der Waals surface area contributed by atoms with Gasteiger partial charge >= 0.3 is 0 Å². The van der Waals surface area contributed by atoms with Gasteiger partial charge in [-0.05, 0) is 18.6 Å². The molecule has 0 bridgehead atoms. The minimum absolute atomic E-state index is 0.0367. The van der Waals surface area contributed by atoms with Crippen LogP contribution < -0.4 is 4.90 Å². The number of aliphatic hydroxyl groups is 1. The number of amides is 1. The molecule has 1 amide bonds. The number of anilines is 1. The second kappa shape index (κ2) is 4.94. The number of carbonyl (C=O) groups is 1. The van der Waals surface area contributed by atoms with Crippen LogP contribution >= 0.6 is 11.8 Å². The highest BCUT2D eigenvalue weighted by Crippen LogP contribution is 2.39. The molecule has 1 heterocycles. The van der Waals surface area contributed by atoms with E-state index in [4.69, 9.17) is 0 Å². The zero-order valence-corrected chi connectivity index (χ0v) is 10.5. The van der Waals surface area contributed by atoms with Crippen molar-refractivity contribution in [3.63, 3.8) is 0 Å². The number of nitrogens with zero attached hydrogens (tertiary/aromatic N) is 1. The van der Waals surface area contributed by atoms with Crippen molar-refractivity contribution >= 4 is 23.4 Å². The Morgan fingerprint density at radius 2 is 2.29 bits per heavy atom. The van der Waals surface area contributed by atoms with E-state index in [2.05, 4.69) is 6.58 Å². The summed E-state index contributed by atoms with van der Waals surface area (Å²) in [6.45, 7) is 3.53. The van der Waals surface area contributed by atoms with Gasteiger partial charge in [-0.1, -0.05) is 18.2 Å². The zero-order valence-electron chi connectivity index (χ0n) is 9.67. The van der Waals surface area contributed by atoms with Crippen molar-refractivity contribution in [3.05, 3.63) is 36.9 Å². The molecule has 1 N–H and O–H groups in total. The van der Waals surface area contributed by atoms with Crippen LogP contribution in [0.2, 0.25) is 0 Å². The number of hydrogen-bond donors (Lipinski definition) is 1. The van der Waals surface area contributed by atoms with E-state index in [1.807, 2.05) is 24.3 Å². The Hall–Kier alpha value is -1.26. The Morgan fingerprint density at radius 1 is 1.59 bits per heavy atom. The molecule has 3 nitrogen and oxygen atoms in total. The Kier molecular flexibility index (Phi) is 3.54. The summed E-state index contributed by atoms with van der Waals surface area (Å²) in [7, 11) is 1.77. The van der Waals surface area contributed by atoms with E-state index in [0.717, 1.165) is 10.6 Å². The molecule has 1 aliphatic rings. The highest BCUT2D eigenvalue weighted by molar-refractivity contribution is 8.01. The second-order valence-electron chi connectivity index (χ2n) is 4.01. The largest absolute Gasteiger partial charge is 0.389 e. The third-order valence-electron chi connectivity index (χ3n) is 2.83. The van der Waals surface area contributed by atoms with Gasteiger partial charge < -0.3 is 10.0 Å². The lowest BCUT2D eigenvalue weighted by molar-refractivity contribution is -0.118. The highest BCUT2D eigenvalue weighted by atomic mass is 32.2. The van der Waals surface area contributed by atoms with Gasteiger partial charge in [-0.25, -0.2) is 0 Å². The molecule has 90 valence electrons. The third kappa shape index (κ3) is 2.37. The first-order chi connectivity index (χ1) is 8.13. The van der Waals surface area contributed by atoms with Crippen LogP contribution in [-0.4, -0.2) is 29.4 Å². The van der Waals surface area contributed by atoms with Crippen LogP contribution in [0.4, 0.5) is 5.69 Å². The quantitative estimate of drug-likeness (QED) is 0.834. The van der Waals surface area contributed by atoms with Gasteiger partial charge in [0.05, 0.1) is 17.0 Å². The summed E-state index contributed by atoms with van der Waals surface area (Å²) in [6.07, 6.45) is 1.25. The molecule has 0 aliphatic carbocycles. The van der Waals surface area contributed by atoms with E-state index in [-0.39, 0.29) is 11.2 Å². The van der Waals surface area contributed by atoms with Gasteiger partial charge in [-0.3, -0.25) is 4.79 Å². The molecule has 17 heavy (non-hydrogen) atoms. The number of thioether (sulfide) groups is 1. The summed E-state index contributed by atoms with van der Waals surface area (Å²) in [6, 6.07) is 7.80. The maximum Gasteiger partial charge on any atom is 0.240 e. The normalized spacial score (nSPS) is 20.9. The molecule has 0 saturated heterocycles. The standard InChI is InChI=1S/C13H15NO2S/c1-3-9(15)8-12-13(16)14(2)10-6-4-5-7-11(10)17-12/h3-7,9,12,15H,1,8H2,2H3. The molecular formula is C13H15NO2S. The topological polar surface area (TPSA) is 40.5 Å². The van der Waals surface area contributed by atoms with Gasteiger partial charge in [0.1, 0.15) is 0 Å². The van der Waals surface area contributed by atoms with Crippen LogP contribution in [0, 0.1) is 0 Å². The van der Waals surface area contributed by atoms with E-state index in [1.54, 1.807) is 11.9 Å². The van der Waals surface area contributed by atoms with Crippen molar-refractivity contribution in [2.45, 2.75) is 22.7 Å². The first-order valence-electron chi connectivity index (χ1n) is 5.47. The number of benzene rings is 1.